The van der Waals surface area contributed by atoms with Crippen LogP contribution in [0, 0.1) is 5.41 Å². The molecular weight excluding hydrogens is 318 g/mol. The topological polar surface area (TPSA) is 44.5 Å². The number of methoxy groups -OCH3 is 2. The first-order chi connectivity index (χ1) is 9.38. The van der Waals surface area contributed by atoms with Gasteiger partial charge in [0.25, 0.3) is 0 Å². The third-order valence-electron chi connectivity index (χ3n) is 3.70. The molecule has 0 fully saturated rings. The lowest BCUT2D eigenvalue weighted by atomic mass is 9.74. The van der Waals surface area contributed by atoms with E-state index in [4.69, 9.17) is 15.2 Å². The van der Waals surface area contributed by atoms with Crippen LogP contribution in [0.25, 0.3) is 5.57 Å². The minimum atomic E-state index is 0.0966. The zero-order chi connectivity index (χ0) is 14.9. The molecule has 1 aliphatic carbocycles. The molecule has 110 valence electrons. The van der Waals surface area contributed by atoms with Crippen LogP contribution in [-0.2, 0) is 0 Å². The molecule has 4 heteroatoms. The van der Waals surface area contributed by atoms with E-state index in [0.29, 0.717) is 0 Å². The van der Waals surface area contributed by atoms with E-state index < -0.39 is 0 Å². The molecule has 0 saturated carbocycles. The maximum absolute atomic E-state index is 6.17. The molecule has 20 heavy (non-hydrogen) atoms. The zero-order valence-electron chi connectivity index (χ0n) is 12.5. The van der Waals surface area contributed by atoms with E-state index in [1.54, 1.807) is 14.2 Å². The summed E-state index contributed by atoms with van der Waals surface area (Å²) in [6, 6.07) is 4.09. The van der Waals surface area contributed by atoms with E-state index in [2.05, 4.69) is 35.9 Å². The standard InChI is InChI=1S/C16H22BrNO2/c1-16(2)8-10(7-11(18)9-16)12-5-6-13(19-3)14(17)15(12)20-4/h5-7,11H,8-9,18H2,1-4H3. The van der Waals surface area contributed by atoms with E-state index in [-0.39, 0.29) is 11.5 Å². The molecule has 0 heterocycles. The van der Waals surface area contributed by atoms with Crippen LogP contribution in [0.3, 0.4) is 0 Å². The Bertz CT molecular complexity index is 538. The van der Waals surface area contributed by atoms with Crippen molar-refractivity contribution in [2.24, 2.45) is 11.1 Å². The highest BCUT2D eigenvalue weighted by Gasteiger charge is 2.29. The molecular formula is C16H22BrNO2. The number of hydrogen-bond donors (Lipinski definition) is 1. The van der Waals surface area contributed by atoms with Crippen molar-refractivity contribution in [3.63, 3.8) is 0 Å². The quantitative estimate of drug-likeness (QED) is 0.905. The number of hydrogen-bond acceptors (Lipinski definition) is 3. The third kappa shape index (κ3) is 3.01. The van der Waals surface area contributed by atoms with Crippen molar-refractivity contribution in [3.8, 4) is 11.5 Å². The molecule has 1 aromatic rings. The number of allylic oxidation sites excluding steroid dienone is 1. The van der Waals surface area contributed by atoms with E-state index in [9.17, 15) is 0 Å². The summed E-state index contributed by atoms with van der Waals surface area (Å²) in [5.41, 5.74) is 8.71. The number of ether oxygens (including phenoxy) is 2. The molecule has 1 atom stereocenters. The summed E-state index contributed by atoms with van der Waals surface area (Å²) < 4.78 is 11.7. The van der Waals surface area contributed by atoms with Crippen LogP contribution in [-0.4, -0.2) is 20.3 Å². The predicted molar refractivity (Wildman–Crippen MR) is 86.2 cm³/mol. The summed E-state index contributed by atoms with van der Waals surface area (Å²) in [5, 5.41) is 0. The van der Waals surface area contributed by atoms with Crippen molar-refractivity contribution < 1.29 is 9.47 Å². The molecule has 2 N–H and O–H groups in total. The summed E-state index contributed by atoms with van der Waals surface area (Å²) in [7, 11) is 3.33. The van der Waals surface area contributed by atoms with Crippen LogP contribution < -0.4 is 15.2 Å². The van der Waals surface area contributed by atoms with Crippen LogP contribution in [0.5, 0.6) is 11.5 Å². The molecule has 0 aliphatic heterocycles. The van der Waals surface area contributed by atoms with Gasteiger partial charge < -0.3 is 15.2 Å². The molecule has 0 bridgehead atoms. The number of benzene rings is 1. The molecule has 2 rings (SSSR count). The Kier molecular flexibility index (Phi) is 4.45. The Morgan fingerprint density at radius 1 is 1.25 bits per heavy atom. The molecule has 1 aromatic carbocycles. The monoisotopic (exact) mass is 339 g/mol. The number of nitrogens with two attached hydrogens (primary N) is 1. The molecule has 0 spiro atoms. The fourth-order valence-electron chi connectivity index (χ4n) is 2.94. The summed E-state index contributed by atoms with van der Waals surface area (Å²) in [4.78, 5) is 0. The van der Waals surface area contributed by atoms with Crippen molar-refractivity contribution in [1.29, 1.82) is 0 Å². The lowest BCUT2D eigenvalue weighted by Gasteiger charge is -2.33. The fraction of sp³-hybridized carbons (Fsp3) is 0.500. The summed E-state index contributed by atoms with van der Waals surface area (Å²) in [6.45, 7) is 4.51. The van der Waals surface area contributed by atoms with Gasteiger partial charge in [0.1, 0.15) is 16.0 Å². The average Bonchev–Trinajstić information content (AvgIpc) is 2.35. The van der Waals surface area contributed by atoms with Gasteiger partial charge in [-0.2, -0.15) is 0 Å². The second-order valence-electron chi connectivity index (χ2n) is 6.06. The minimum absolute atomic E-state index is 0.0966. The molecule has 0 amide bonds. The van der Waals surface area contributed by atoms with Crippen LogP contribution in [0.2, 0.25) is 0 Å². The highest BCUT2D eigenvalue weighted by Crippen LogP contribution is 2.45. The Hall–Kier alpha value is -1.00. The van der Waals surface area contributed by atoms with Gasteiger partial charge in [-0.1, -0.05) is 19.9 Å². The van der Waals surface area contributed by atoms with Gasteiger partial charge in [-0.15, -0.1) is 0 Å². The Morgan fingerprint density at radius 2 is 1.95 bits per heavy atom. The normalized spacial score (nSPS) is 21.3. The van der Waals surface area contributed by atoms with Crippen LogP contribution in [0.15, 0.2) is 22.7 Å². The minimum Gasteiger partial charge on any atom is -0.495 e. The highest BCUT2D eigenvalue weighted by atomic mass is 79.9. The van der Waals surface area contributed by atoms with Gasteiger partial charge >= 0.3 is 0 Å². The summed E-state index contributed by atoms with van der Waals surface area (Å²) in [6.07, 6.45) is 4.16. The largest absolute Gasteiger partial charge is 0.495 e. The van der Waals surface area contributed by atoms with E-state index in [0.717, 1.165) is 34.4 Å². The molecule has 0 aromatic heterocycles. The molecule has 0 saturated heterocycles. The first-order valence-corrected chi connectivity index (χ1v) is 7.54. The van der Waals surface area contributed by atoms with Crippen LogP contribution >= 0.6 is 15.9 Å². The van der Waals surface area contributed by atoms with Crippen molar-refractivity contribution in [2.75, 3.05) is 14.2 Å². The Balaban J connectivity index is 2.50. The van der Waals surface area contributed by atoms with Gasteiger partial charge in [-0.3, -0.25) is 0 Å². The van der Waals surface area contributed by atoms with Crippen LogP contribution in [0.1, 0.15) is 32.3 Å². The summed E-state index contributed by atoms with van der Waals surface area (Å²) in [5.74, 6) is 1.58. The lowest BCUT2D eigenvalue weighted by molar-refractivity contribution is 0.318. The van der Waals surface area contributed by atoms with Crippen LogP contribution in [0.4, 0.5) is 0 Å². The van der Waals surface area contributed by atoms with Crippen molar-refractivity contribution in [3.05, 3.63) is 28.2 Å². The van der Waals surface area contributed by atoms with Gasteiger partial charge in [0.15, 0.2) is 0 Å². The SMILES string of the molecule is COc1ccc(C2=CC(N)CC(C)(C)C2)c(OC)c1Br. The smallest absolute Gasteiger partial charge is 0.144 e. The maximum Gasteiger partial charge on any atom is 0.144 e. The van der Waals surface area contributed by atoms with Gasteiger partial charge in [-0.25, -0.2) is 0 Å². The first-order valence-electron chi connectivity index (χ1n) is 6.75. The van der Waals surface area contributed by atoms with Gasteiger partial charge in [0.05, 0.1) is 14.2 Å². The summed E-state index contributed by atoms with van der Waals surface area (Å²) >= 11 is 3.55. The predicted octanol–water partition coefficient (Wildman–Crippen LogP) is 4.00. The lowest BCUT2D eigenvalue weighted by Crippen LogP contribution is -2.30. The molecule has 1 aliphatic rings. The average molecular weight is 340 g/mol. The number of rotatable bonds is 3. The Labute approximate surface area is 129 Å². The van der Waals surface area contributed by atoms with E-state index in [1.165, 1.54) is 5.57 Å². The third-order valence-corrected chi connectivity index (χ3v) is 4.46. The second-order valence-corrected chi connectivity index (χ2v) is 6.86. The molecule has 3 nitrogen and oxygen atoms in total. The second kappa shape index (κ2) is 5.78. The molecule has 0 radical (unpaired) electrons. The van der Waals surface area contributed by atoms with Crippen molar-refractivity contribution >= 4 is 21.5 Å². The Morgan fingerprint density at radius 3 is 2.50 bits per heavy atom. The fourth-order valence-corrected chi connectivity index (χ4v) is 3.60. The number of halogens is 1. The highest BCUT2D eigenvalue weighted by molar-refractivity contribution is 9.10. The first kappa shape index (κ1) is 15.4. The van der Waals surface area contributed by atoms with Gasteiger partial charge in [0.2, 0.25) is 0 Å². The zero-order valence-corrected chi connectivity index (χ0v) is 14.1. The maximum atomic E-state index is 6.17. The molecule has 1 unspecified atom stereocenters. The van der Waals surface area contributed by atoms with Crippen molar-refractivity contribution in [2.45, 2.75) is 32.7 Å². The van der Waals surface area contributed by atoms with Gasteiger partial charge in [-0.05, 0) is 51.9 Å². The van der Waals surface area contributed by atoms with E-state index >= 15 is 0 Å². The van der Waals surface area contributed by atoms with Crippen molar-refractivity contribution in [1.82, 2.24) is 0 Å². The van der Waals surface area contributed by atoms with Gasteiger partial charge in [0, 0.05) is 11.6 Å². The van der Waals surface area contributed by atoms with E-state index in [1.807, 2.05) is 12.1 Å².